The second kappa shape index (κ2) is 9.17. The Bertz CT molecular complexity index is 623. The van der Waals surface area contributed by atoms with Crippen molar-refractivity contribution in [1.82, 2.24) is 4.31 Å². The standard InChI is InChI=1S/C14H20BrClN2O2S2/c1-2-3-4-8-18(9-13(17)21)22(19,20)10-11-6-5-7-12(15)14(11)16/h5-7H,2-4,8-10H2,1H3,(H2,17,21). The van der Waals surface area contributed by atoms with Crippen molar-refractivity contribution in [3.63, 3.8) is 0 Å². The summed E-state index contributed by atoms with van der Waals surface area (Å²) in [5.74, 6) is -0.167. The molecule has 0 aliphatic carbocycles. The molecule has 1 rings (SSSR count). The van der Waals surface area contributed by atoms with Crippen LogP contribution in [0.4, 0.5) is 0 Å². The molecule has 0 saturated heterocycles. The molecule has 1 aromatic carbocycles. The minimum Gasteiger partial charge on any atom is -0.392 e. The molecule has 1 aromatic rings. The first kappa shape index (κ1) is 19.8. The van der Waals surface area contributed by atoms with Crippen LogP contribution in [0.3, 0.4) is 0 Å². The summed E-state index contributed by atoms with van der Waals surface area (Å²) in [6.45, 7) is 2.54. The fraction of sp³-hybridized carbons (Fsp3) is 0.500. The third-order valence-corrected chi connectivity index (χ3v) is 6.34. The summed E-state index contributed by atoms with van der Waals surface area (Å²) in [5, 5.41) is 0.412. The Hall–Kier alpha value is -0.210. The van der Waals surface area contributed by atoms with Crippen molar-refractivity contribution >= 4 is 54.8 Å². The van der Waals surface area contributed by atoms with Crippen LogP contribution in [0.2, 0.25) is 5.02 Å². The van der Waals surface area contributed by atoms with E-state index < -0.39 is 10.0 Å². The average molecular weight is 428 g/mol. The van der Waals surface area contributed by atoms with E-state index in [1.54, 1.807) is 18.2 Å². The van der Waals surface area contributed by atoms with Crippen LogP contribution in [0.15, 0.2) is 22.7 Å². The Morgan fingerprint density at radius 2 is 2.09 bits per heavy atom. The van der Waals surface area contributed by atoms with Crippen LogP contribution in [0, 0.1) is 0 Å². The van der Waals surface area contributed by atoms with Gasteiger partial charge < -0.3 is 5.73 Å². The first-order chi connectivity index (χ1) is 10.3. The molecule has 0 radical (unpaired) electrons. The van der Waals surface area contributed by atoms with Crippen LogP contribution in [0.1, 0.15) is 31.7 Å². The summed E-state index contributed by atoms with van der Waals surface area (Å²) in [6.07, 6.45) is 2.75. The number of nitrogens with two attached hydrogens (primary N) is 1. The van der Waals surface area contributed by atoms with Gasteiger partial charge in [-0.2, -0.15) is 4.31 Å². The highest BCUT2D eigenvalue weighted by molar-refractivity contribution is 9.10. The summed E-state index contributed by atoms with van der Waals surface area (Å²) < 4.78 is 27.3. The van der Waals surface area contributed by atoms with Gasteiger partial charge >= 0.3 is 0 Å². The first-order valence-corrected chi connectivity index (χ1v) is 10.2. The normalized spacial score (nSPS) is 11.8. The van der Waals surface area contributed by atoms with Crippen molar-refractivity contribution < 1.29 is 8.42 Å². The van der Waals surface area contributed by atoms with E-state index in [0.29, 0.717) is 21.6 Å². The number of hydrogen-bond donors (Lipinski definition) is 1. The van der Waals surface area contributed by atoms with Crippen LogP contribution < -0.4 is 5.73 Å². The third-order valence-electron chi connectivity index (χ3n) is 3.11. The van der Waals surface area contributed by atoms with Crippen molar-refractivity contribution in [3.8, 4) is 0 Å². The molecule has 0 fully saturated rings. The fourth-order valence-corrected chi connectivity index (χ4v) is 4.45. The Balaban J connectivity index is 2.95. The summed E-state index contributed by atoms with van der Waals surface area (Å²) in [7, 11) is -3.53. The lowest BCUT2D eigenvalue weighted by molar-refractivity contribution is 0.435. The lowest BCUT2D eigenvalue weighted by Crippen LogP contribution is -2.39. The van der Waals surface area contributed by atoms with E-state index >= 15 is 0 Å². The van der Waals surface area contributed by atoms with Gasteiger partial charge in [-0.25, -0.2) is 8.42 Å². The number of halogens is 2. The molecule has 2 N–H and O–H groups in total. The maximum atomic E-state index is 12.6. The van der Waals surface area contributed by atoms with Crippen molar-refractivity contribution in [2.45, 2.75) is 31.9 Å². The molecule has 4 nitrogen and oxygen atoms in total. The van der Waals surface area contributed by atoms with Crippen molar-refractivity contribution in [2.75, 3.05) is 13.1 Å². The molecule has 0 unspecified atom stereocenters. The molecule has 22 heavy (non-hydrogen) atoms. The van der Waals surface area contributed by atoms with Crippen LogP contribution in [0.25, 0.3) is 0 Å². The monoisotopic (exact) mass is 426 g/mol. The van der Waals surface area contributed by atoms with Gasteiger partial charge in [-0.1, -0.05) is 55.7 Å². The van der Waals surface area contributed by atoms with Gasteiger partial charge in [0.15, 0.2) is 0 Å². The van der Waals surface area contributed by atoms with E-state index in [4.69, 9.17) is 29.6 Å². The lowest BCUT2D eigenvalue weighted by atomic mass is 10.2. The molecule has 0 aliphatic rings. The minimum atomic E-state index is -3.53. The van der Waals surface area contributed by atoms with Crippen molar-refractivity contribution in [3.05, 3.63) is 33.3 Å². The highest BCUT2D eigenvalue weighted by Gasteiger charge is 2.24. The van der Waals surface area contributed by atoms with Crippen molar-refractivity contribution in [2.24, 2.45) is 5.73 Å². The Labute approximate surface area is 151 Å². The van der Waals surface area contributed by atoms with Gasteiger partial charge in [0.2, 0.25) is 10.0 Å². The topological polar surface area (TPSA) is 63.4 Å². The maximum Gasteiger partial charge on any atom is 0.218 e. The summed E-state index contributed by atoms with van der Waals surface area (Å²) in [5.41, 5.74) is 6.09. The molecule has 0 bridgehead atoms. The quantitative estimate of drug-likeness (QED) is 0.482. The molecule has 0 atom stereocenters. The van der Waals surface area contributed by atoms with Gasteiger partial charge in [-0.15, -0.1) is 0 Å². The van der Waals surface area contributed by atoms with Crippen LogP contribution in [0.5, 0.6) is 0 Å². The highest BCUT2D eigenvalue weighted by atomic mass is 79.9. The lowest BCUT2D eigenvalue weighted by Gasteiger charge is -2.22. The molecule has 0 heterocycles. The molecule has 0 spiro atoms. The SMILES string of the molecule is CCCCCN(CC(N)=S)S(=O)(=O)Cc1cccc(Br)c1Cl. The number of nitrogens with zero attached hydrogens (tertiary/aromatic N) is 1. The smallest absolute Gasteiger partial charge is 0.218 e. The fourth-order valence-electron chi connectivity index (χ4n) is 1.98. The predicted molar refractivity (Wildman–Crippen MR) is 99.7 cm³/mol. The van der Waals surface area contributed by atoms with Crippen LogP contribution in [-0.4, -0.2) is 30.8 Å². The summed E-state index contributed by atoms with van der Waals surface area (Å²) >= 11 is 14.3. The van der Waals surface area contributed by atoms with Crippen LogP contribution in [-0.2, 0) is 15.8 Å². The minimum absolute atomic E-state index is 0.0625. The zero-order chi connectivity index (χ0) is 16.8. The van der Waals surface area contributed by atoms with E-state index in [2.05, 4.69) is 22.9 Å². The Morgan fingerprint density at radius 3 is 2.68 bits per heavy atom. The van der Waals surface area contributed by atoms with Crippen molar-refractivity contribution in [1.29, 1.82) is 0 Å². The number of rotatable bonds is 9. The van der Waals surface area contributed by atoms with E-state index in [1.165, 1.54) is 4.31 Å². The second-order valence-electron chi connectivity index (χ2n) is 4.98. The Morgan fingerprint density at radius 1 is 1.41 bits per heavy atom. The summed E-state index contributed by atoms with van der Waals surface area (Å²) in [6, 6.07) is 5.23. The number of hydrogen-bond acceptors (Lipinski definition) is 3. The molecule has 8 heteroatoms. The van der Waals surface area contributed by atoms with Crippen LogP contribution >= 0.6 is 39.7 Å². The molecule has 0 aromatic heterocycles. The zero-order valence-corrected chi connectivity index (χ0v) is 16.4. The molecule has 0 saturated carbocycles. The number of unbranched alkanes of at least 4 members (excludes halogenated alkanes) is 2. The molecule has 0 amide bonds. The van der Waals surface area contributed by atoms with Gasteiger partial charge in [0.05, 0.1) is 22.3 Å². The largest absolute Gasteiger partial charge is 0.392 e. The molecular formula is C14H20BrClN2O2S2. The Kier molecular flexibility index (Phi) is 8.27. The van der Waals surface area contributed by atoms with Gasteiger partial charge in [-0.3, -0.25) is 0 Å². The number of thiocarbonyl (C=S) groups is 1. The van der Waals surface area contributed by atoms with Gasteiger partial charge in [0.25, 0.3) is 0 Å². The maximum absolute atomic E-state index is 12.6. The van der Waals surface area contributed by atoms with E-state index in [-0.39, 0.29) is 17.3 Å². The second-order valence-corrected chi connectivity index (χ2v) is 8.70. The first-order valence-electron chi connectivity index (χ1n) is 6.97. The van der Waals surface area contributed by atoms with E-state index in [9.17, 15) is 8.42 Å². The molecule has 124 valence electrons. The average Bonchev–Trinajstić information content (AvgIpc) is 2.42. The van der Waals surface area contributed by atoms with E-state index in [0.717, 1.165) is 19.3 Å². The highest BCUT2D eigenvalue weighted by Crippen LogP contribution is 2.28. The third kappa shape index (κ3) is 6.12. The zero-order valence-electron chi connectivity index (χ0n) is 12.4. The van der Waals surface area contributed by atoms with Gasteiger partial charge in [-0.05, 0) is 34.0 Å². The summed E-state index contributed by atoms with van der Waals surface area (Å²) in [4.78, 5) is 0.167. The van der Waals surface area contributed by atoms with Gasteiger partial charge in [0, 0.05) is 11.0 Å². The molecular weight excluding hydrogens is 408 g/mol. The van der Waals surface area contributed by atoms with E-state index in [1.807, 2.05) is 0 Å². The molecule has 0 aliphatic heterocycles. The van der Waals surface area contributed by atoms with Gasteiger partial charge in [0.1, 0.15) is 0 Å². The number of sulfonamides is 1. The predicted octanol–water partition coefficient (Wildman–Crippen LogP) is 3.71. The number of benzene rings is 1.